The minimum Gasteiger partial charge on any atom is -0.375 e. The zero-order valence-electron chi connectivity index (χ0n) is 17.5. The standard InChI is InChI=1S/C23H28N6OS/c1-16-20(31-22(25)28-16)13-8-14-26-21(24)29-23(30)27-15-19(17-9-4-2-5-10-17)18-11-6-3-7-12-18/h2-7,9-12,19H,8,13-15H2,1H3,(H2,25,28)(H4,24,26,27,29,30). The van der Waals surface area contributed by atoms with Crippen molar-refractivity contribution < 1.29 is 4.79 Å². The quantitative estimate of drug-likeness (QED) is 0.246. The van der Waals surface area contributed by atoms with E-state index < -0.39 is 0 Å². The fourth-order valence-electron chi connectivity index (χ4n) is 3.32. The maximum atomic E-state index is 12.3. The van der Waals surface area contributed by atoms with Crippen LogP contribution in [0.3, 0.4) is 0 Å². The molecule has 0 spiro atoms. The molecule has 0 bridgehead atoms. The van der Waals surface area contributed by atoms with E-state index in [-0.39, 0.29) is 17.9 Å². The third-order valence-corrected chi connectivity index (χ3v) is 5.91. The second-order valence-electron chi connectivity index (χ2n) is 7.14. The maximum absolute atomic E-state index is 12.3. The number of carbonyl (C=O) groups is 1. The number of aromatic nitrogens is 1. The molecule has 0 saturated heterocycles. The molecule has 0 fully saturated rings. The molecule has 0 unspecified atom stereocenters. The van der Waals surface area contributed by atoms with Gasteiger partial charge in [0.05, 0.1) is 5.69 Å². The minimum absolute atomic E-state index is 0.0430. The number of rotatable bonds is 8. The molecule has 0 aliphatic carbocycles. The van der Waals surface area contributed by atoms with Crippen molar-refractivity contribution in [2.45, 2.75) is 25.7 Å². The van der Waals surface area contributed by atoms with Gasteiger partial charge >= 0.3 is 6.03 Å². The Labute approximate surface area is 186 Å². The smallest absolute Gasteiger partial charge is 0.321 e. The summed E-state index contributed by atoms with van der Waals surface area (Å²) in [6.45, 7) is 2.91. The average Bonchev–Trinajstić information content (AvgIpc) is 3.09. The summed E-state index contributed by atoms with van der Waals surface area (Å²) in [6, 6.07) is 19.8. The predicted molar refractivity (Wildman–Crippen MR) is 127 cm³/mol. The fourth-order valence-corrected chi connectivity index (χ4v) is 4.19. The molecule has 2 amide bonds. The van der Waals surface area contributed by atoms with Gasteiger partial charge in [0, 0.05) is 23.9 Å². The lowest BCUT2D eigenvalue weighted by Gasteiger charge is -2.19. The SMILES string of the molecule is Cc1nc(N)sc1CCCN=C(N)NC(=O)NCC(c1ccccc1)c1ccccc1. The summed E-state index contributed by atoms with van der Waals surface area (Å²) in [6.07, 6.45) is 1.63. The molecule has 1 heterocycles. The number of guanidine groups is 1. The van der Waals surface area contributed by atoms with Gasteiger partial charge in [-0.15, -0.1) is 11.3 Å². The van der Waals surface area contributed by atoms with Crippen LogP contribution in [-0.2, 0) is 6.42 Å². The molecule has 0 aliphatic heterocycles. The van der Waals surface area contributed by atoms with E-state index in [9.17, 15) is 4.79 Å². The van der Waals surface area contributed by atoms with Gasteiger partial charge in [0.15, 0.2) is 11.1 Å². The molecule has 0 atom stereocenters. The zero-order chi connectivity index (χ0) is 22.1. The third kappa shape index (κ3) is 6.82. The van der Waals surface area contributed by atoms with Gasteiger partial charge in [-0.1, -0.05) is 60.7 Å². The first-order valence-electron chi connectivity index (χ1n) is 10.2. The van der Waals surface area contributed by atoms with E-state index in [1.165, 1.54) is 11.3 Å². The number of hydrogen-bond donors (Lipinski definition) is 4. The van der Waals surface area contributed by atoms with E-state index in [0.29, 0.717) is 18.2 Å². The average molecular weight is 437 g/mol. The summed E-state index contributed by atoms with van der Waals surface area (Å²) in [5.41, 5.74) is 14.8. The van der Waals surface area contributed by atoms with E-state index in [2.05, 4.69) is 44.9 Å². The number of amides is 2. The van der Waals surface area contributed by atoms with E-state index >= 15 is 0 Å². The Morgan fingerprint density at radius 3 is 2.26 bits per heavy atom. The van der Waals surface area contributed by atoms with Gasteiger partial charge in [-0.05, 0) is 30.9 Å². The van der Waals surface area contributed by atoms with Crippen molar-refractivity contribution in [2.75, 3.05) is 18.8 Å². The molecule has 8 heteroatoms. The van der Waals surface area contributed by atoms with Crippen LogP contribution in [-0.4, -0.2) is 30.1 Å². The summed E-state index contributed by atoms with van der Waals surface area (Å²) in [7, 11) is 0. The van der Waals surface area contributed by atoms with E-state index in [1.807, 2.05) is 43.3 Å². The lowest BCUT2D eigenvalue weighted by atomic mass is 9.91. The highest BCUT2D eigenvalue weighted by molar-refractivity contribution is 7.15. The van der Waals surface area contributed by atoms with Crippen LogP contribution in [0.1, 0.15) is 34.0 Å². The summed E-state index contributed by atoms with van der Waals surface area (Å²) < 4.78 is 0. The second kappa shape index (κ2) is 11.1. The monoisotopic (exact) mass is 436 g/mol. The number of anilines is 1. The molecule has 0 aliphatic rings. The Morgan fingerprint density at radius 2 is 1.71 bits per heavy atom. The number of nitrogen functional groups attached to an aromatic ring is 1. The summed E-state index contributed by atoms with van der Waals surface area (Å²) in [5, 5.41) is 6.09. The van der Waals surface area contributed by atoms with Crippen molar-refractivity contribution in [3.63, 3.8) is 0 Å². The minimum atomic E-state index is -0.371. The van der Waals surface area contributed by atoms with Crippen LogP contribution >= 0.6 is 11.3 Å². The van der Waals surface area contributed by atoms with Gasteiger partial charge in [-0.2, -0.15) is 0 Å². The van der Waals surface area contributed by atoms with Gasteiger partial charge in [-0.3, -0.25) is 10.3 Å². The Hall–Kier alpha value is -3.39. The first-order valence-corrected chi connectivity index (χ1v) is 11.0. The zero-order valence-corrected chi connectivity index (χ0v) is 18.4. The molecule has 3 rings (SSSR count). The van der Waals surface area contributed by atoms with Crippen LogP contribution < -0.4 is 22.1 Å². The van der Waals surface area contributed by atoms with Crippen LogP contribution in [0.5, 0.6) is 0 Å². The molecule has 2 aromatic carbocycles. The van der Waals surface area contributed by atoms with Gasteiger partial charge in [0.25, 0.3) is 0 Å². The highest BCUT2D eigenvalue weighted by Gasteiger charge is 2.15. The number of urea groups is 1. The van der Waals surface area contributed by atoms with E-state index in [4.69, 9.17) is 11.5 Å². The molecule has 31 heavy (non-hydrogen) atoms. The Kier molecular flexibility index (Phi) is 8.00. The lowest BCUT2D eigenvalue weighted by Crippen LogP contribution is -2.44. The summed E-state index contributed by atoms with van der Waals surface area (Å²) >= 11 is 1.50. The molecule has 0 saturated carbocycles. The number of benzene rings is 2. The maximum Gasteiger partial charge on any atom is 0.321 e. The van der Waals surface area contributed by atoms with Gasteiger partial charge in [0.2, 0.25) is 0 Å². The predicted octanol–water partition coefficient (Wildman–Crippen LogP) is 3.41. The lowest BCUT2D eigenvalue weighted by molar-refractivity contribution is 0.245. The second-order valence-corrected chi connectivity index (χ2v) is 8.26. The number of nitrogens with zero attached hydrogens (tertiary/aromatic N) is 2. The van der Waals surface area contributed by atoms with Crippen LogP contribution in [0, 0.1) is 6.92 Å². The summed E-state index contributed by atoms with van der Waals surface area (Å²) in [4.78, 5) is 21.9. The van der Waals surface area contributed by atoms with E-state index in [0.717, 1.165) is 34.5 Å². The van der Waals surface area contributed by atoms with Crippen LogP contribution in [0.25, 0.3) is 0 Å². The van der Waals surface area contributed by atoms with Crippen molar-refractivity contribution in [3.8, 4) is 0 Å². The molecule has 1 aromatic heterocycles. The van der Waals surface area contributed by atoms with Crippen molar-refractivity contribution in [1.29, 1.82) is 0 Å². The first kappa shape index (κ1) is 22.3. The number of nitrogens with two attached hydrogens (primary N) is 2. The molecule has 162 valence electrons. The number of aryl methyl sites for hydroxylation is 2. The molecule has 3 aromatic rings. The largest absolute Gasteiger partial charge is 0.375 e. The number of thiazole rings is 1. The van der Waals surface area contributed by atoms with Crippen LogP contribution in [0.4, 0.5) is 9.93 Å². The molecule has 0 radical (unpaired) electrons. The van der Waals surface area contributed by atoms with Gasteiger partial charge in [0.1, 0.15) is 0 Å². The molecule has 6 N–H and O–H groups in total. The Bertz CT molecular complexity index is 964. The van der Waals surface area contributed by atoms with Crippen molar-refractivity contribution in [1.82, 2.24) is 15.6 Å². The van der Waals surface area contributed by atoms with Crippen LogP contribution in [0.15, 0.2) is 65.7 Å². The Balaban J connectivity index is 1.49. The van der Waals surface area contributed by atoms with Crippen molar-refractivity contribution >= 4 is 28.5 Å². The molecular formula is C23H28N6OS. The van der Waals surface area contributed by atoms with Crippen molar-refractivity contribution in [3.05, 3.63) is 82.4 Å². The number of nitrogens with one attached hydrogen (secondary N) is 2. The van der Waals surface area contributed by atoms with Crippen LogP contribution in [0.2, 0.25) is 0 Å². The Morgan fingerprint density at radius 1 is 1.10 bits per heavy atom. The molecular weight excluding hydrogens is 408 g/mol. The summed E-state index contributed by atoms with van der Waals surface area (Å²) in [5.74, 6) is 0.149. The first-order chi connectivity index (χ1) is 15.0. The fraction of sp³-hybridized carbons (Fsp3) is 0.261. The van der Waals surface area contributed by atoms with Gasteiger partial charge in [-0.25, -0.2) is 9.78 Å². The number of aliphatic imine (C=N–C) groups is 1. The topological polar surface area (TPSA) is 118 Å². The highest BCUT2D eigenvalue weighted by Crippen LogP contribution is 2.23. The van der Waals surface area contributed by atoms with Crippen molar-refractivity contribution in [2.24, 2.45) is 10.7 Å². The number of carbonyl (C=O) groups excluding carboxylic acids is 1. The van der Waals surface area contributed by atoms with Gasteiger partial charge < -0.3 is 16.8 Å². The number of hydrogen-bond acceptors (Lipinski definition) is 5. The normalized spacial score (nSPS) is 11.5. The highest BCUT2D eigenvalue weighted by atomic mass is 32.1. The third-order valence-electron chi connectivity index (χ3n) is 4.87. The molecule has 7 nitrogen and oxygen atoms in total. The van der Waals surface area contributed by atoms with E-state index in [1.54, 1.807) is 0 Å².